The molecule has 0 unspecified atom stereocenters. The van der Waals surface area contributed by atoms with E-state index in [4.69, 9.17) is 5.26 Å². The van der Waals surface area contributed by atoms with Crippen molar-refractivity contribution in [1.82, 2.24) is 10.2 Å². The van der Waals surface area contributed by atoms with Gasteiger partial charge in [-0.2, -0.15) is 10.4 Å². The molecule has 1 amide bonds. The molecule has 1 heterocycles. The van der Waals surface area contributed by atoms with Gasteiger partial charge in [0.1, 0.15) is 17.5 Å². The smallest absolute Gasteiger partial charge is 0.225 e. The van der Waals surface area contributed by atoms with E-state index >= 15 is 0 Å². The van der Waals surface area contributed by atoms with Crippen LogP contribution in [0.15, 0.2) is 6.20 Å². The van der Waals surface area contributed by atoms with E-state index in [9.17, 15) is 4.79 Å². The van der Waals surface area contributed by atoms with Crippen LogP contribution in [0.3, 0.4) is 0 Å². The maximum Gasteiger partial charge on any atom is 0.225 e. The molecule has 0 aliphatic carbocycles. The molecule has 0 bridgehead atoms. The van der Waals surface area contributed by atoms with Gasteiger partial charge in [-0.3, -0.25) is 9.89 Å². The van der Waals surface area contributed by atoms with Crippen molar-refractivity contribution in [3.63, 3.8) is 0 Å². The molecule has 0 aliphatic heterocycles. The molecule has 98 valence electrons. The van der Waals surface area contributed by atoms with E-state index in [-0.39, 0.29) is 5.91 Å². The molecular formula is C13H20N4O. The highest BCUT2D eigenvalue weighted by molar-refractivity contribution is 5.90. The van der Waals surface area contributed by atoms with Gasteiger partial charge in [-0.1, -0.05) is 39.0 Å². The van der Waals surface area contributed by atoms with Crippen molar-refractivity contribution in [2.75, 3.05) is 5.32 Å². The number of anilines is 1. The first-order valence-electron chi connectivity index (χ1n) is 6.51. The maximum atomic E-state index is 11.6. The second kappa shape index (κ2) is 8.29. The van der Waals surface area contributed by atoms with Crippen LogP contribution < -0.4 is 5.32 Å². The van der Waals surface area contributed by atoms with Crippen LogP contribution in [0, 0.1) is 11.3 Å². The molecule has 5 heteroatoms. The Balaban J connectivity index is 2.17. The van der Waals surface area contributed by atoms with E-state index in [1.807, 2.05) is 6.07 Å². The zero-order chi connectivity index (χ0) is 13.2. The van der Waals surface area contributed by atoms with Gasteiger partial charge in [0.05, 0.1) is 6.20 Å². The summed E-state index contributed by atoms with van der Waals surface area (Å²) in [6.45, 7) is 2.19. The first-order chi connectivity index (χ1) is 8.77. The highest BCUT2D eigenvalue weighted by Gasteiger charge is 2.07. The minimum absolute atomic E-state index is 0.0637. The van der Waals surface area contributed by atoms with Crippen molar-refractivity contribution in [3.05, 3.63) is 11.8 Å². The number of aromatic amines is 1. The van der Waals surface area contributed by atoms with Crippen molar-refractivity contribution in [1.29, 1.82) is 5.26 Å². The second-order valence-electron chi connectivity index (χ2n) is 4.34. The Bertz CT molecular complexity index is 405. The summed E-state index contributed by atoms with van der Waals surface area (Å²) in [7, 11) is 0. The van der Waals surface area contributed by atoms with Crippen LogP contribution in [0.2, 0.25) is 0 Å². The lowest BCUT2D eigenvalue weighted by molar-refractivity contribution is -0.116. The minimum Gasteiger partial charge on any atom is -0.310 e. The Hall–Kier alpha value is -1.83. The average molecular weight is 248 g/mol. The topological polar surface area (TPSA) is 81.6 Å². The largest absolute Gasteiger partial charge is 0.310 e. The molecule has 0 fully saturated rings. The number of rotatable bonds is 8. The number of hydrogen-bond donors (Lipinski definition) is 2. The van der Waals surface area contributed by atoms with Gasteiger partial charge >= 0.3 is 0 Å². The predicted molar refractivity (Wildman–Crippen MR) is 69.9 cm³/mol. The highest BCUT2D eigenvalue weighted by Crippen LogP contribution is 2.11. The summed E-state index contributed by atoms with van der Waals surface area (Å²) >= 11 is 0. The van der Waals surface area contributed by atoms with Crippen molar-refractivity contribution >= 4 is 11.7 Å². The van der Waals surface area contributed by atoms with Gasteiger partial charge in [0, 0.05) is 6.42 Å². The van der Waals surface area contributed by atoms with Crippen LogP contribution in [0.1, 0.15) is 57.4 Å². The molecule has 1 aromatic heterocycles. The standard InChI is InChI=1S/C13H20N4O/c1-2-3-4-5-6-7-8-12(18)16-13-11(9-14)10-15-17-13/h10H,2-8H2,1H3,(H2,15,16,17,18). The van der Waals surface area contributed by atoms with Crippen LogP contribution in [0.4, 0.5) is 5.82 Å². The number of unbranched alkanes of at least 4 members (excludes halogenated alkanes) is 5. The number of hydrogen-bond acceptors (Lipinski definition) is 3. The first-order valence-corrected chi connectivity index (χ1v) is 6.51. The highest BCUT2D eigenvalue weighted by atomic mass is 16.1. The Kier molecular flexibility index (Phi) is 6.55. The van der Waals surface area contributed by atoms with Gasteiger partial charge in [0.25, 0.3) is 0 Å². The van der Waals surface area contributed by atoms with Gasteiger partial charge in [-0.25, -0.2) is 0 Å². The van der Waals surface area contributed by atoms with Gasteiger partial charge in [0.2, 0.25) is 5.91 Å². The molecule has 0 aliphatic rings. The number of nitrogens with zero attached hydrogens (tertiary/aromatic N) is 2. The van der Waals surface area contributed by atoms with Gasteiger partial charge in [0.15, 0.2) is 0 Å². The molecular weight excluding hydrogens is 228 g/mol. The van der Waals surface area contributed by atoms with E-state index in [0.29, 0.717) is 17.8 Å². The van der Waals surface area contributed by atoms with Gasteiger partial charge < -0.3 is 5.32 Å². The molecule has 0 atom stereocenters. The fraction of sp³-hybridized carbons (Fsp3) is 0.615. The summed E-state index contributed by atoms with van der Waals surface area (Å²) in [5, 5.41) is 17.7. The van der Waals surface area contributed by atoms with Crippen LogP contribution >= 0.6 is 0 Å². The van der Waals surface area contributed by atoms with Crippen LogP contribution in [0.5, 0.6) is 0 Å². The number of carbonyl (C=O) groups is 1. The van der Waals surface area contributed by atoms with E-state index in [1.165, 1.54) is 31.9 Å². The Morgan fingerprint density at radius 3 is 2.83 bits per heavy atom. The quantitative estimate of drug-likeness (QED) is 0.694. The summed E-state index contributed by atoms with van der Waals surface area (Å²) in [5.74, 6) is 0.333. The molecule has 1 rings (SSSR count). The fourth-order valence-electron chi connectivity index (χ4n) is 1.73. The lowest BCUT2D eigenvalue weighted by Gasteiger charge is -2.03. The van der Waals surface area contributed by atoms with E-state index < -0.39 is 0 Å². The third-order valence-corrected chi connectivity index (χ3v) is 2.78. The summed E-state index contributed by atoms with van der Waals surface area (Å²) in [6.07, 6.45) is 8.82. The van der Waals surface area contributed by atoms with Gasteiger partial charge in [-0.05, 0) is 6.42 Å². The van der Waals surface area contributed by atoms with Crippen LogP contribution in [-0.2, 0) is 4.79 Å². The SMILES string of the molecule is CCCCCCCCC(=O)Nc1[nH]ncc1C#N. The lowest BCUT2D eigenvalue weighted by Crippen LogP contribution is -2.12. The number of nitrogens with one attached hydrogen (secondary N) is 2. The minimum atomic E-state index is -0.0637. The predicted octanol–water partition coefficient (Wildman–Crippen LogP) is 2.97. The molecule has 18 heavy (non-hydrogen) atoms. The van der Waals surface area contributed by atoms with Gasteiger partial charge in [-0.15, -0.1) is 0 Å². The third-order valence-electron chi connectivity index (χ3n) is 2.78. The molecule has 1 aromatic rings. The molecule has 0 saturated heterocycles. The zero-order valence-corrected chi connectivity index (χ0v) is 10.8. The summed E-state index contributed by atoms with van der Waals surface area (Å²) in [6, 6.07) is 1.96. The molecule has 0 spiro atoms. The molecule has 0 radical (unpaired) electrons. The molecule has 0 aromatic carbocycles. The van der Waals surface area contributed by atoms with E-state index in [2.05, 4.69) is 22.4 Å². The average Bonchev–Trinajstić information content (AvgIpc) is 2.80. The van der Waals surface area contributed by atoms with Crippen molar-refractivity contribution in [2.45, 2.75) is 51.9 Å². The number of H-pyrrole nitrogens is 1. The maximum absolute atomic E-state index is 11.6. The second-order valence-corrected chi connectivity index (χ2v) is 4.34. The summed E-state index contributed by atoms with van der Waals surface area (Å²) in [4.78, 5) is 11.6. The number of amides is 1. The van der Waals surface area contributed by atoms with Crippen molar-refractivity contribution in [2.24, 2.45) is 0 Å². The molecule has 2 N–H and O–H groups in total. The fourth-order valence-corrected chi connectivity index (χ4v) is 1.73. The van der Waals surface area contributed by atoms with E-state index in [1.54, 1.807) is 0 Å². The van der Waals surface area contributed by atoms with Crippen LogP contribution in [0.25, 0.3) is 0 Å². The molecule has 0 saturated carbocycles. The Labute approximate surface area is 108 Å². The Morgan fingerprint density at radius 1 is 1.39 bits per heavy atom. The normalized spacial score (nSPS) is 10.0. The zero-order valence-electron chi connectivity index (χ0n) is 10.8. The van der Waals surface area contributed by atoms with E-state index in [0.717, 1.165) is 12.8 Å². The van der Waals surface area contributed by atoms with Crippen LogP contribution in [-0.4, -0.2) is 16.1 Å². The Morgan fingerprint density at radius 2 is 2.11 bits per heavy atom. The summed E-state index contributed by atoms with van der Waals surface area (Å²) < 4.78 is 0. The first kappa shape index (κ1) is 14.2. The van der Waals surface area contributed by atoms with Crippen molar-refractivity contribution in [3.8, 4) is 6.07 Å². The number of carbonyl (C=O) groups excluding carboxylic acids is 1. The molecule has 5 nitrogen and oxygen atoms in total. The lowest BCUT2D eigenvalue weighted by atomic mass is 10.1. The number of aromatic nitrogens is 2. The third kappa shape index (κ3) is 5.00. The number of nitriles is 1. The summed E-state index contributed by atoms with van der Waals surface area (Å²) in [5.41, 5.74) is 0.367. The van der Waals surface area contributed by atoms with Crippen molar-refractivity contribution < 1.29 is 4.79 Å². The monoisotopic (exact) mass is 248 g/mol.